The third kappa shape index (κ3) is 8.02. The second-order valence-corrected chi connectivity index (χ2v) is 12.7. The largest absolute Gasteiger partial charge is 0.356 e. The molecule has 1 saturated heterocycles. The first kappa shape index (κ1) is 32.2. The number of piperidine rings is 1. The van der Waals surface area contributed by atoms with Gasteiger partial charge in [0.05, 0.1) is 11.0 Å². The number of hydrogen-bond acceptors (Lipinski definition) is 5. The Morgan fingerprint density at radius 3 is 2.51 bits per heavy atom. The summed E-state index contributed by atoms with van der Waals surface area (Å²) in [5.74, 6) is 1.65. The van der Waals surface area contributed by atoms with Crippen LogP contribution in [-0.2, 0) is 11.2 Å². The molecule has 9 heteroatoms. The highest BCUT2D eigenvalue weighted by Gasteiger charge is 2.28. The number of aromatic nitrogens is 2. The van der Waals surface area contributed by atoms with Gasteiger partial charge < -0.3 is 20.1 Å². The molecule has 0 saturated carbocycles. The van der Waals surface area contributed by atoms with Gasteiger partial charge in [0.15, 0.2) is 0 Å². The van der Waals surface area contributed by atoms with Gasteiger partial charge in [0.1, 0.15) is 17.7 Å². The zero-order chi connectivity index (χ0) is 30.9. The molecular formula is C34H46N6O2S. The van der Waals surface area contributed by atoms with Gasteiger partial charge in [0, 0.05) is 48.2 Å². The van der Waals surface area contributed by atoms with Crippen LogP contribution in [0.5, 0.6) is 0 Å². The number of carbonyl (C=O) groups excluding carboxylic acids is 2. The maximum atomic E-state index is 13.5. The number of amidine groups is 1. The average Bonchev–Trinajstić information content (AvgIpc) is 3.64. The van der Waals surface area contributed by atoms with E-state index < -0.39 is 6.04 Å². The molecule has 0 radical (unpaired) electrons. The fourth-order valence-corrected chi connectivity index (χ4v) is 6.60. The molecule has 3 aromatic rings. The Hall–Kier alpha value is -3.72. The van der Waals surface area contributed by atoms with Crippen LogP contribution in [0.4, 0.5) is 0 Å². The first-order chi connectivity index (χ1) is 20.8. The molecule has 1 aromatic carbocycles. The highest BCUT2D eigenvalue weighted by atomic mass is 32.1. The van der Waals surface area contributed by atoms with E-state index in [1.807, 2.05) is 18.2 Å². The number of likely N-dealkylation sites (tertiary alicyclic amines) is 1. The molecule has 1 fully saturated rings. The summed E-state index contributed by atoms with van der Waals surface area (Å²) < 4.78 is 2.35. The van der Waals surface area contributed by atoms with Crippen LogP contribution in [0, 0.1) is 5.92 Å². The molecule has 2 aromatic heterocycles. The van der Waals surface area contributed by atoms with E-state index >= 15 is 0 Å². The minimum Gasteiger partial charge on any atom is -0.356 e. The van der Waals surface area contributed by atoms with Crippen LogP contribution in [0.3, 0.4) is 0 Å². The number of fused-ring (bicyclic) bond motifs is 1. The number of aliphatic imine (C=N–C) groups is 1. The number of nitrogens with zero attached hydrogens (tertiary/aromatic N) is 4. The van der Waals surface area contributed by atoms with Crippen molar-refractivity contribution in [3.05, 3.63) is 77.4 Å². The number of carbonyl (C=O) groups is 2. The van der Waals surface area contributed by atoms with Gasteiger partial charge in [-0.15, -0.1) is 11.3 Å². The van der Waals surface area contributed by atoms with Crippen LogP contribution in [0.25, 0.3) is 11.0 Å². The summed E-state index contributed by atoms with van der Waals surface area (Å²) in [5.41, 5.74) is 2.36. The molecular weight excluding hydrogens is 556 g/mol. The first-order valence-electron chi connectivity index (χ1n) is 15.5. The van der Waals surface area contributed by atoms with Crippen LogP contribution in [0.15, 0.2) is 66.1 Å². The number of thiophene rings is 1. The molecule has 2 amide bonds. The summed E-state index contributed by atoms with van der Waals surface area (Å²) in [4.78, 5) is 39.7. The van der Waals surface area contributed by atoms with Gasteiger partial charge in [0.25, 0.3) is 5.91 Å². The lowest BCUT2D eigenvalue weighted by Gasteiger charge is -2.34. The minimum atomic E-state index is -0.621. The summed E-state index contributed by atoms with van der Waals surface area (Å²) in [6.07, 6.45) is 8.16. The van der Waals surface area contributed by atoms with Crippen LogP contribution < -0.4 is 10.6 Å². The number of imidazole rings is 1. The zero-order valence-corrected chi connectivity index (χ0v) is 26.8. The Morgan fingerprint density at radius 2 is 1.91 bits per heavy atom. The SMILES string of the molecule is C=CN=C(C=C)N1CCC(NC(=O)[C@H](CC(C)C)NC(=O)c2ccc3c(c2)nc(Cc2cccs2)n3C(CC)CC)CC1. The lowest BCUT2D eigenvalue weighted by molar-refractivity contribution is -0.124. The van der Waals surface area contributed by atoms with Gasteiger partial charge >= 0.3 is 0 Å². The topological polar surface area (TPSA) is 91.6 Å². The number of nitrogens with one attached hydrogen (secondary N) is 2. The predicted molar refractivity (Wildman–Crippen MR) is 178 cm³/mol. The van der Waals surface area contributed by atoms with E-state index in [0.29, 0.717) is 18.0 Å². The molecule has 3 heterocycles. The van der Waals surface area contributed by atoms with Gasteiger partial charge in [-0.1, -0.05) is 46.9 Å². The normalized spacial score (nSPS) is 15.2. The standard InChI is InChI=1S/C34H46N6O2S/c1-7-26(8-2)40-30-14-13-24(21-28(30)37-32(40)22-27-12-11-19-43-27)33(41)38-29(20-23(5)6)34(42)36-25-15-17-39(18-16-25)31(9-3)35-10-4/h9-14,19,21,23,25-26,29H,3-4,7-8,15-18,20,22H2,1-2,5-6H3,(H,36,42)(H,38,41)/t29-/m0/s1. The van der Waals surface area contributed by atoms with E-state index in [-0.39, 0.29) is 23.8 Å². The van der Waals surface area contributed by atoms with Crippen LogP contribution in [-0.4, -0.2) is 57.3 Å². The summed E-state index contributed by atoms with van der Waals surface area (Å²) in [6, 6.07) is 9.69. The number of amides is 2. The van der Waals surface area contributed by atoms with E-state index in [1.165, 1.54) is 11.1 Å². The molecule has 1 aliphatic rings. The molecule has 1 aliphatic heterocycles. The fourth-order valence-electron chi connectivity index (χ4n) is 5.90. The highest BCUT2D eigenvalue weighted by molar-refractivity contribution is 7.09. The molecule has 2 N–H and O–H groups in total. The van der Waals surface area contributed by atoms with Crippen molar-refractivity contribution in [2.45, 2.75) is 84.3 Å². The predicted octanol–water partition coefficient (Wildman–Crippen LogP) is 6.50. The molecule has 230 valence electrons. The van der Waals surface area contributed by atoms with Crippen molar-refractivity contribution in [3.63, 3.8) is 0 Å². The summed E-state index contributed by atoms with van der Waals surface area (Å²) >= 11 is 1.73. The Morgan fingerprint density at radius 1 is 1.16 bits per heavy atom. The smallest absolute Gasteiger partial charge is 0.252 e. The Labute approximate surface area is 260 Å². The second kappa shape index (κ2) is 15.1. The van der Waals surface area contributed by atoms with Crippen LogP contribution in [0.1, 0.15) is 86.9 Å². The maximum Gasteiger partial charge on any atom is 0.252 e. The highest BCUT2D eigenvalue weighted by Crippen LogP contribution is 2.28. The minimum absolute atomic E-state index is 0.0391. The summed E-state index contributed by atoms with van der Waals surface area (Å²) in [5, 5.41) is 8.32. The molecule has 8 nitrogen and oxygen atoms in total. The van der Waals surface area contributed by atoms with Gasteiger partial charge in [-0.3, -0.25) is 9.59 Å². The van der Waals surface area contributed by atoms with E-state index in [1.54, 1.807) is 17.4 Å². The van der Waals surface area contributed by atoms with Gasteiger partial charge in [-0.2, -0.15) is 0 Å². The Kier molecular flexibility index (Phi) is 11.3. The molecule has 1 atom stereocenters. The lowest BCUT2D eigenvalue weighted by Crippen LogP contribution is -2.53. The van der Waals surface area contributed by atoms with E-state index in [0.717, 1.165) is 67.9 Å². The number of hydrogen-bond donors (Lipinski definition) is 2. The number of rotatable bonds is 13. The van der Waals surface area contributed by atoms with Crippen LogP contribution in [0.2, 0.25) is 0 Å². The van der Waals surface area contributed by atoms with Crippen LogP contribution >= 0.6 is 11.3 Å². The van der Waals surface area contributed by atoms with Crippen molar-refractivity contribution in [1.29, 1.82) is 0 Å². The third-order valence-electron chi connectivity index (χ3n) is 8.15. The van der Waals surface area contributed by atoms with Gasteiger partial charge in [0.2, 0.25) is 5.91 Å². The van der Waals surface area contributed by atoms with Crippen molar-refractivity contribution < 1.29 is 9.59 Å². The first-order valence-corrected chi connectivity index (χ1v) is 16.4. The molecule has 0 aliphatic carbocycles. The average molecular weight is 603 g/mol. The Balaban J connectivity index is 1.49. The van der Waals surface area contributed by atoms with Crippen molar-refractivity contribution in [3.8, 4) is 0 Å². The lowest BCUT2D eigenvalue weighted by atomic mass is 10.00. The monoisotopic (exact) mass is 602 g/mol. The molecule has 0 bridgehead atoms. The van der Waals surface area contributed by atoms with Crippen molar-refractivity contribution in [2.24, 2.45) is 10.9 Å². The van der Waals surface area contributed by atoms with Crippen molar-refractivity contribution in [1.82, 2.24) is 25.1 Å². The third-order valence-corrected chi connectivity index (χ3v) is 9.02. The maximum absolute atomic E-state index is 13.5. The van der Waals surface area contributed by atoms with Gasteiger partial charge in [-0.25, -0.2) is 9.98 Å². The van der Waals surface area contributed by atoms with E-state index in [2.05, 4.69) is 83.5 Å². The molecule has 4 rings (SSSR count). The Bertz CT molecular complexity index is 1430. The van der Waals surface area contributed by atoms with Gasteiger partial charge in [-0.05, 0) is 73.7 Å². The van der Waals surface area contributed by atoms with E-state index in [9.17, 15) is 9.59 Å². The van der Waals surface area contributed by atoms with Crippen molar-refractivity contribution in [2.75, 3.05) is 13.1 Å². The summed E-state index contributed by atoms with van der Waals surface area (Å²) in [6.45, 7) is 17.6. The number of benzene rings is 1. The molecule has 0 unspecified atom stereocenters. The molecule has 0 spiro atoms. The zero-order valence-electron chi connectivity index (χ0n) is 26.0. The quantitative estimate of drug-likeness (QED) is 0.173. The molecule has 43 heavy (non-hydrogen) atoms. The van der Waals surface area contributed by atoms with Crippen molar-refractivity contribution >= 4 is 40.0 Å². The fraction of sp³-hybridized carbons (Fsp3) is 0.471. The van der Waals surface area contributed by atoms with E-state index in [4.69, 9.17) is 4.98 Å². The second-order valence-electron chi connectivity index (χ2n) is 11.6. The summed E-state index contributed by atoms with van der Waals surface area (Å²) in [7, 11) is 0.